The Morgan fingerprint density at radius 2 is 1.65 bits per heavy atom. The second kappa shape index (κ2) is 10.3. The number of carbonyl (C=O) groups is 1. The van der Waals surface area contributed by atoms with E-state index < -0.39 is 0 Å². The molecule has 0 fully saturated rings. The van der Waals surface area contributed by atoms with Gasteiger partial charge in [0.05, 0.1) is 39.9 Å². The van der Waals surface area contributed by atoms with Crippen LogP contribution in [0.5, 0.6) is 23.0 Å². The Labute approximate surface area is 200 Å². The summed E-state index contributed by atoms with van der Waals surface area (Å²) in [6, 6.07) is 14.3. The van der Waals surface area contributed by atoms with E-state index in [1.807, 2.05) is 12.1 Å². The van der Waals surface area contributed by atoms with Crippen molar-refractivity contribution in [1.29, 1.82) is 0 Å². The van der Waals surface area contributed by atoms with Gasteiger partial charge in [0.2, 0.25) is 5.91 Å². The van der Waals surface area contributed by atoms with E-state index in [1.54, 1.807) is 69.4 Å². The molecule has 0 aliphatic rings. The van der Waals surface area contributed by atoms with Crippen molar-refractivity contribution in [3.8, 4) is 34.4 Å². The molecular weight excluding hydrogens is 458 g/mol. The van der Waals surface area contributed by atoms with E-state index in [-0.39, 0.29) is 11.7 Å². The van der Waals surface area contributed by atoms with Gasteiger partial charge in [-0.25, -0.2) is 0 Å². The standard InChI is InChI=1S/C23H23N5O5S/c1-30-15-6-8-17(31-2)16(12-15)24-21(29)13-34-22-10-9-20-25-26-23(28(20)27-22)14-5-7-18(32-3)19(11-14)33-4/h5-12H,13H2,1-4H3,(H,24,29). The Morgan fingerprint density at radius 1 is 0.882 bits per heavy atom. The molecule has 0 unspecified atom stereocenters. The molecule has 4 rings (SSSR count). The highest BCUT2D eigenvalue weighted by Gasteiger charge is 2.15. The Kier molecular flexibility index (Phi) is 7.02. The van der Waals surface area contributed by atoms with Crippen LogP contribution < -0.4 is 24.3 Å². The van der Waals surface area contributed by atoms with Crippen LogP contribution in [-0.2, 0) is 4.79 Å². The number of fused-ring (bicyclic) bond motifs is 1. The van der Waals surface area contributed by atoms with Crippen LogP contribution in [0.15, 0.2) is 53.6 Å². The van der Waals surface area contributed by atoms with Gasteiger partial charge in [0.25, 0.3) is 0 Å². The number of amides is 1. The van der Waals surface area contributed by atoms with E-state index >= 15 is 0 Å². The maximum atomic E-state index is 12.6. The molecule has 2 aromatic carbocycles. The fourth-order valence-electron chi connectivity index (χ4n) is 3.24. The lowest BCUT2D eigenvalue weighted by molar-refractivity contribution is -0.113. The van der Waals surface area contributed by atoms with Crippen molar-refractivity contribution in [3.63, 3.8) is 0 Å². The quantitative estimate of drug-likeness (QED) is 0.359. The van der Waals surface area contributed by atoms with Gasteiger partial charge in [-0.05, 0) is 42.5 Å². The summed E-state index contributed by atoms with van der Waals surface area (Å²) in [7, 11) is 6.26. The van der Waals surface area contributed by atoms with Gasteiger partial charge >= 0.3 is 0 Å². The third-order valence-electron chi connectivity index (χ3n) is 4.91. The van der Waals surface area contributed by atoms with Crippen molar-refractivity contribution in [2.75, 3.05) is 39.5 Å². The molecule has 176 valence electrons. The van der Waals surface area contributed by atoms with E-state index in [4.69, 9.17) is 18.9 Å². The van der Waals surface area contributed by atoms with Crippen LogP contribution in [0, 0.1) is 0 Å². The summed E-state index contributed by atoms with van der Waals surface area (Å²) >= 11 is 1.29. The summed E-state index contributed by atoms with van der Waals surface area (Å²) in [6.07, 6.45) is 0. The van der Waals surface area contributed by atoms with E-state index in [2.05, 4.69) is 20.6 Å². The normalized spacial score (nSPS) is 10.7. The Morgan fingerprint density at radius 3 is 2.38 bits per heavy atom. The van der Waals surface area contributed by atoms with Crippen LogP contribution in [0.2, 0.25) is 0 Å². The highest BCUT2D eigenvalue weighted by atomic mass is 32.2. The molecule has 0 saturated heterocycles. The van der Waals surface area contributed by atoms with Crippen molar-refractivity contribution in [2.24, 2.45) is 0 Å². The predicted octanol–water partition coefficient (Wildman–Crippen LogP) is 3.56. The third kappa shape index (κ3) is 4.84. The number of anilines is 1. The molecule has 34 heavy (non-hydrogen) atoms. The molecule has 0 radical (unpaired) electrons. The van der Waals surface area contributed by atoms with Crippen LogP contribution in [0.25, 0.3) is 17.0 Å². The lowest BCUT2D eigenvalue weighted by atomic mass is 10.2. The number of nitrogens with one attached hydrogen (secondary N) is 1. The lowest BCUT2D eigenvalue weighted by Gasteiger charge is -2.11. The highest BCUT2D eigenvalue weighted by Crippen LogP contribution is 2.32. The van der Waals surface area contributed by atoms with Gasteiger partial charge in [-0.15, -0.1) is 10.2 Å². The van der Waals surface area contributed by atoms with Crippen LogP contribution in [0.1, 0.15) is 0 Å². The van der Waals surface area contributed by atoms with Gasteiger partial charge in [-0.2, -0.15) is 9.61 Å². The third-order valence-corrected chi connectivity index (χ3v) is 5.83. The maximum Gasteiger partial charge on any atom is 0.234 e. The number of rotatable bonds is 9. The number of ether oxygens (including phenoxy) is 4. The summed E-state index contributed by atoms with van der Waals surface area (Å²) in [4.78, 5) is 12.6. The smallest absolute Gasteiger partial charge is 0.234 e. The zero-order valence-corrected chi connectivity index (χ0v) is 19.9. The molecule has 0 aliphatic heterocycles. The molecule has 2 heterocycles. The molecular formula is C23H23N5O5S. The summed E-state index contributed by atoms with van der Waals surface area (Å²) in [5.41, 5.74) is 1.88. The van der Waals surface area contributed by atoms with Crippen molar-refractivity contribution in [2.45, 2.75) is 5.03 Å². The fraction of sp³-hybridized carbons (Fsp3) is 0.217. The molecule has 0 bridgehead atoms. The van der Waals surface area contributed by atoms with E-state index in [0.29, 0.717) is 45.2 Å². The number of hydrogen-bond acceptors (Lipinski definition) is 9. The SMILES string of the molecule is COc1ccc(OC)c(NC(=O)CSc2ccc3nnc(-c4ccc(OC)c(OC)c4)n3n2)c1. The zero-order valence-electron chi connectivity index (χ0n) is 19.1. The van der Waals surface area contributed by atoms with E-state index in [1.165, 1.54) is 11.8 Å². The van der Waals surface area contributed by atoms with Gasteiger partial charge < -0.3 is 24.3 Å². The molecule has 0 spiro atoms. The molecule has 1 amide bonds. The minimum atomic E-state index is -0.206. The second-order valence-electron chi connectivity index (χ2n) is 6.94. The average Bonchev–Trinajstić information content (AvgIpc) is 3.30. The Bertz CT molecular complexity index is 1330. The number of hydrogen-bond donors (Lipinski definition) is 1. The molecule has 10 nitrogen and oxygen atoms in total. The first-order valence-corrected chi connectivity index (χ1v) is 11.1. The highest BCUT2D eigenvalue weighted by molar-refractivity contribution is 7.99. The minimum Gasteiger partial charge on any atom is -0.497 e. The van der Waals surface area contributed by atoms with E-state index in [9.17, 15) is 4.79 Å². The van der Waals surface area contributed by atoms with Crippen molar-refractivity contribution >= 4 is 29.0 Å². The largest absolute Gasteiger partial charge is 0.497 e. The van der Waals surface area contributed by atoms with Gasteiger partial charge in [0, 0.05) is 11.6 Å². The van der Waals surface area contributed by atoms with Crippen molar-refractivity contribution in [3.05, 3.63) is 48.5 Å². The summed E-state index contributed by atoms with van der Waals surface area (Å²) in [6.45, 7) is 0. The van der Waals surface area contributed by atoms with Crippen molar-refractivity contribution < 1.29 is 23.7 Å². The number of aromatic nitrogens is 4. The van der Waals surface area contributed by atoms with Crippen LogP contribution in [0.3, 0.4) is 0 Å². The van der Waals surface area contributed by atoms with Crippen LogP contribution in [0.4, 0.5) is 5.69 Å². The number of benzene rings is 2. The van der Waals surface area contributed by atoms with Gasteiger partial charge in [-0.3, -0.25) is 4.79 Å². The number of methoxy groups -OCH3 is 4. The maximum absolute atomic E-state index is 12.6. The molecule has 0 atom stereocenters. The molecule has 11 heteroatoms. The fourth-order valence-corrected chi connectivity index (χ4v) is 3.90. The first-order chi connectivity index (χ1) is 16.6. The van der Waals surface area contributed by atoms with Crippen molar-refractivity contribution in [1.82, 2.24) is 19.8 Å². The average molecular weight is 482 g/mol. The minimum absolute atomic E-state index is 0.146. The number of carbonyl (C=O) groups excluding carboxylic acids is 1. The molecule has 0 saturated carbocycles. The second-order valence-corrected chi connectivity index (χ2v) is 7.93. The predicted molar refractivity (Wildman–Crippen MR) is 128 cm³/mol. The summed E-state index contributed by atoms with van der Waals surface area (Å²) in [5, 5.41) is 16.5. The first-order valence-electron chi connectivity index (χ1n) is 10.2. The molecule has 0 aliphatic carbocycles. The zero-order chi connectivity index (χ0) is 24.1. The Hall–Kier alpha value is -3.99. The van der Waals surface area contributed by atoms with Gasteiger partial charge in [0.1, 0.15) is 16.5 Å². The monoisotopic (exact) mass is 481 g/mol. The van der Waals surface area contributed by atoms with Crippen LogP contribution >= 0.6 is 11.8 Å². The molecule has 4 aromatic rings. The van der Waals surface area contributed by atoms with Gasteiger partial charge in [-0.1, -0.05) is 11.8 Å². The van der Waals surface area contributed by atoms with Crippen LogP contribution in [-0.4, -0.2) is 59.9 Å². The first kappa shape index (κ1) is 23.2. The Balaban J connectivity index is 1.51. The van der Waals surface area contributed by atoms with E-state index in [0.717, 1.165) is 5.56 Å². The summed E-state index contributed by atoms with van der Waals surface area (Å²) in [5.74, 6) is 2.84. The summed E-state index contributed by atoms with van der Waals surface area (Å²) < 4.78 is 22.9. The molecule has 1 N–H and O–H groups in total. The lowest BCUT2D eigenvalue weighted by Crippen LogP contribution is -2.15. The van der Waals surface area contributed by atoms with Gasteiger partial charge in [0.15, 0.2) is 23.0 Å². The molecule has 2 aromatic heterocycles. The topological polar surface area (TPSA) is 109 Å². The number of nitrogens with zero attached hydrogens (tertiary/aromatic N) is 4. The number of thioether (sulfide) groups is 1.